The van der Waals surface area contributed by atoms with Crippen molar-refractivity contribution in [3.8, 4) is 0 Å². The zero-order valence-corrected chi connectivity index (χ0v) is 11.6. The first-order chi connectivity index (χ1) is 9.03. The minimum absolute atomic E-state index is 0.257. The van der Waals surface area contributed by atoms with E-state index in [0.717, 1.165) is 32.4 Å². The van der Waals surface area contributed by atoms with Crippen LogP contribution in [0.5, 0.6) is 0 Å². The molecule has 1 saturated carbocycles. The van der Waals surface area contributed by atoms with Gasteiger partial charge in [0.1, 0.15) is 10.4 Å². The molecule has 2 fully saturated rings. The van der Waals surface area contributed by atoms with Crippen LogP contribution in [-0.2, 0) is 14.8 Å². The molecule has 1 aromatic rings. The van der Waals surface area contributed by atoms with Gasteiger partial charge in [-0.15, -0.1) is 5.10 Å². The zero-order chi connectivity index (χ0) is 13.5. The Kier molecular flexibility index (Phi) is 3.11. The summed E-state index contributed by atoms with van der Waals surface area (Å²) in [5.41, 5.74) is 0.506. The topological polar surface area (TPSA) is 103 Å². The van der Waals surface area contributed by atoms with Crippen molar-refractivity contribution < 1.29 is 8.42 Å². The first-order valence-corrected chi connectivity index (χ1v) is 8.23. The van der Waals surface area contributed by atoms with Crippen LogP contribution in [0.4, 0.5) is 0 Å². The number of nitrogens with zero attached hydrogens (tertiary/aromatic N) is 3. The molecule has 1 aromatic heterocycles. The van der Waals surface area contributed by atoms with E-state index in [1.54, 1.807) is 10.9 Å². The normalized spacial score (nSPS) is 26.9. The Bertz CT molecular complexity index is 557. The number of nitrogens with two attached hydrogens (primary N) is 1. The number of sulfonamides is 1. The molecule has 3 N–H and O–H groups in total. The summed E-state index contributed by atoms with van der Waals surface area (Å²) in [6, 6.07) is 0.257. The first kappa shape index (κ1) is 13.0. The highest BCUT2D eigenvalue weighted by Crippen LogP contribution is 2.46. The standard InChI is InChI=1S/C11H19N5O2S/c12-19(17,18)11(4-2-5-11)10-8-16(15-14-10)9-3-1-6-13-7-9/h8-9,13H,1-7H2,(H2,12,17,18). The minimum Gasteiger partial charge on any atom is -0.315 e. The van der Waals surface area contributed by atoms with Crippen LogP contribution in [0.3, 0.4) is 0 Å². The van der Waals surface area contributed by atoms with Gasteiger partial charge >= 0.3 is 0 Å². The summed E-state index contributed by atoms with van der Waals surface area (Å²) >= 11 is 0. The van der Waals surface area contributed by atoms with Crippen molar-refractivity contribution in [1.29, 1.82) is 0 Å². The van der Waals surface area contributed by atoms with Crippen molar-refractivity contribution in [1.82, 2.24) is 20.3 Å². The molecule has 106 valence electrons. The van der Waals surface area contributed by atoms with Gasteiger partial charge in [-0.25, -0.2) is 18.2 Å². The third-order valence-corrected chi connectivity index (χ3v) is 6.03. The largest absolute Gasteiger partial charge is 0.315 e. The highest BCUT2D eigenvalue weighted by atomic mass is 32.2. The van der Waals surface area contributed by atoms with E-state index in [0.29, 0.717) is 18.5 Å². The Labute approximate surface area is 112 Å². The molecule has 3 rings (SSSR count). The van der Waals surface area contributed by atoms with Crippen molar-refractivity contribution in [2.75, 3.05) is 13.1 Å². The maximum absolute atomic E-state index is 11.8. The van der Waals surface area contributed by atoms with Crippen molar-refractivity contribution in [2.24, 2.45) is 5.14 Å². The second kappa shape index (κ2) is 4.53. The minimum atomic E-state index is -3.63. The van der Waals surface area contributed by atoms with E-state index >= 15 is 0 Å². The van der Waals surface area contributed by atoms with Crippen LogP contribution >= 0.6 is 0 Å². The summed E-state index contributed by atoms with van der Waals surface area (Å²) in [6.45, 7) is 1.88. The number of primary sulfonamides is 1. The fraction of sp³-hybridized carbons (Fsp3) is 0.818. The summed E-state index contributed by atoms with van der Waals surface area (Å²) in [7, 11) is -3.63. The van der Waals surface area contributed by atoms with Gasteiger partial charge in [-0.05, 0) is 38.6 Å². The maximum atomic E-state index is 11.8. The average Bonchev–Trinajstić information content (AvgIpc) is 2.76. The van der Waals surface area contributed by atoms with Crippen molar-refractivity contribution in [2.45, 2.75) is 42.9 Å². The van der Waals surface area contributed by atoms with Gasteiger partial charge in [0.25, 0.3) is 0 Å². The predicted octanol–water partition coefficient (Wildman–Crippen LogP) is -0.130. The Morgan fingerprint density at radius 3 is 2.74 bits per heavy atom. The van der Waals surface area contributed by atoms with E-state index in [-0.39, 0.29) is 6.04 Å². The lowest BCUT2D eigenvalue weighted by Gasteiger charge is -2.37. The molecule has 8 heteroatoms. The molecule has 0 bridgehead atoms. The van der Waals surface area contributed by atoms with E-state index in [1.807, 2.05) is 0 Å². The van der Waals surface area contributed by atoms with Gasteiger partial charge in [0, 0.05) is 6.54 Å². The SMILES string of the molecule is NS(=O)(=O)C1(c2cn(C3CCCNC3)nn2)CCC1. The third kappa shape index (κ3) is 2.07. The van der Waals surface area contributed by atoms with Crippen LogP contribution in [0.25, 0.3) is 0 Å². The second-order valence-corrected chi connectivity index (χ2v) is 7.35. The highest BCUT2D eigenvalue weighted by molar-refractivity contribution is 7.90. The number of nitrogens with one attached hydrogen (secondary N) is 1. The number of rotatable bonds is 3. The Hall–Kier alpha value is -0.990. The quantitative estimate of drug-likeness (QED) is 0.805. The van der Waals surface area contributed by atoms with Crippen LogP contribution < -0.4 is 10.5 Å². The van der Waals surface area contributed by atoms with Crippen LogP contribution in [-0.4, -0.2) is 36.5 Å². The van der Waals surface area contributed by atoms with E-state index < -0.39 is 14.8 Å². The molecule has 1 saturated heterocycles. The third-order valence-electron chi connectivity index (χ3n) is 4.33. The number of aromatic nitrogens is 3. The van der Waals surface area contributed by atoms with E-state index in [2.05, 4.69) is 15.6 Å². The first-order valence-electron chi connectivity index (χ1n) is 6.68. The molecule has 19 heavy (non-hydrogen) atoms. The van der Waals surface area contributed by atoms with Crippen LogP contribution in [0, 0.1) is 0 Å². The van der Waals surface area contributed by atoms with Gasteiger partial charge in [-0.3, -0.25) is 0 Å². The van der Waals surface area contributed by atoms with E-state index in [4.69, 9.17) is 5.14 Å². The monoisotopic (exact) mass is 285 g/mol. The smallest absolute Gasteiger partial charge is 0.220 e. The molecule has 1 aliphatic carbocycles. The van der Waals surface area contributed by atoms with E-state index in [1.165, 1.54) is 0 Å². The predicted molar refractivity (Wildman–Crippen MR) is 69.8 cm³/mol. The number of hydrogen-bond acceptors (Lipinski definition) is 5. The number of hydrogen-bond donors (Lipinski definition) is 2. The van der Waals surface area contributed by atoms with Crippen molar-refractivity contribution >= 4 is 10.0 Å². The van der Waals surface area contributed by atoms with Gasteiger partial charge < -0.3 is 5.32 Å². The maximum Gasteiger partial charge on any atom is 0.220 e. The van der Waals surface area contributed by atoms with Crippen LogP contribution in [0.15, 0.2) is 6.20 Å². The lowest BCUT2D eigenvalue weighted by Crippen LogP contribution is -2.46. The van der Waals surface area contributed by atoms with Crippen LogP contribution in [0.2, 0.25) is 0 Å². The summed E-state index contributed by atoms with van der Waals surface area (Å²) in [4.78, 5) is 0. The fourth-order valence-electron chi connectivity index (χ4n) is 2.91. The molecule has 0 radical (unpaired) electrons. The molecule has 0 amide bonds. The van der Waals surface area contributed by atoms with Crippen molar-refractivity contribution in [3.05, 3.63) is 11.9 Å². The second-order valence-electron chi connectivity index (χ2n) is 5.48. The molecule has 0 aromatic carbocycles. The van der Waals surface area contributed by atoms with Crippen molar-refractivity contribution in [3.63, 3.8) is 0 Å². The van der Waals surface area contributed by atoms with Gasteiger partial charge in [0.2, 0.25) is 10.0 Å². The summed E-state index contributed by atoms with van der Waals surface area (Å²) in [5, 5.41) is 16.9. The molecular weight excluding hydrogens is 266 g/mol. The molecule has 2 heterocycles. The van der Waals surface area contributed by atoms with Gasteiger partial charge in [-0.2, -0.15) is 0 Å². The molecule has 2 aliphatic rings. The molecule has 1 aliphatic heterocycles. The Balaban J connectivity index is 1.88. The Morgan fingerprint density at radius 1 is 1.42 bits per heavy atom. The van der Waals surface area contributed by atoms with Crippen LogP contribution in [0.1, 0.15) is 43.8 Å². The lowest BCUT2D eigenvalue weighted by molar-refractivity contribution is 0.336. The lowest BCUT2D eigenvalue weighted by atomic mass is 9.82. The zero-order valence-electron chi connectivity index (χ0n) is 10.7. The molecular formula is C11H19N5O2S. The summed E-state index contributed by atoms with van der Waals surface area (Å²) in [5.74, 6) is 0. The Morgan fingerprint density at radius 2 is 2.21 bits per heavy atom. The average molecular weight is 285 g/mol. The molecule has 0 spiro atoms. The van der Waals surface area contributed by atoms with E-state index in [9.17, 15) is 8.42 Å². The van der Waals surface area contributed by atoms with Gasteiger partial charge in [0.15, 0.2) is 0 Å². The molecule has 1 unspecified atom stereocenters. The van der Waals surface area contributed by atoms with Gasteiger partial charge in [-0.1, -0.05) is 5.21 Å². The molecule has 1 atom stereocenters. The number of piperidine rings is 1. The molecule has 7 nitrogen and oxygen atoms in total. The summed E-state index contributed by atoms with van der Waals surface area (Å²) in [6.07, 6.45) is 5.87. The fourth-order valence-corrected chi connectivity index (χ4v) is 4.15. The summed E-state index contributed by atoms with van der Waals surface area (Å²) < 4.78 is 24.4. The highest BCUT2D eigenvalue weighted by Gasteiger charge is 2.51. The van der Waals surface area contributed by atoms with Gasteiger partial charge in [0.05, 0.1) is 12.2 Å².